The minimum Gasteiger partial charge on any atom is -0.445 e. The van der Waals surface area contributed by atoms with Crippen LogP contribution in [0.3, 0.4) is 0 Å². The molecular formula is C36H46N4O6. The van der Waals surface area contributed by atoms with Gasteiger partial charge >= 0.3 is 6.09 Å². The van der Waals surface area contributed by atoms with Gasteiger partial charge in [-0.2, -0.15) is 0 Å². The van der Waals surface area contributed by atoms with Gasteiger partial charge in [-0.25, -0.2) is 4.79 Å². The number of ether oxygens (including phenoxy) is 1. The summed E-state index contributed by atoms with van der Waals surface area (Å²) >= 11 is 0. The highest BCUT2D eigenvalue weighted by molar-refractivity contribution is 6.38. The molecule has 0 bridgehead atoms. The van der Waals surface area contributed by atoms with E-state index in [4.69, 9.17) is 4.74 Å². The summed E-state index contributed by atoms with van der Waals surface area (Å²) in [5.74, 6) is -2.73. The number of Topliss-reactive ketones (excluding diaryl/α,β-unsaturated/α-hetero) is 1. The van der Waals surface area contributed by atoms with E-state index in [9.17, 15) is 24.0 Å². The van der Waals surface area contributed by atoms with Gasteiger partial charge in [-0.05, 0) is 60.1 Å². The number of alkyl carbamates (subject to hydrolysis) is 1. The van der Waals surface area contributed by atoms with E-state index >= 15 is 0 Å². The van der Waals surface area contributed by atoms with Gasteiger partial charge in [-0.15, -0.1) is 6.58 Å². The van der Waals surface area contributed by atoms with Crippen LogP contribution in [0.1, 0.15) is 56.7 Å². The summed E-state index contributed by atoms with van der Waals surface area (Å²) in [6.07, 6.45) is 3.37. The third-order valence-electron chi connectivity index (χ3n) is 9.00. The molecule has 1 aliphatic carbocycles. The molecule has 1 fully saturated rings. The number of hydrogen-bond donors (Lipinski definition) is 3. The minimum absolute atomic E-state index is 0.0515. The Morgan fingerprint density at radius 3 is 2.24 bits per heavy atom. The van der Waals surface area contributed by atoms with Gasteiger partial charge in [0.2, 0.25) is 17.6 Å². The molecular weight excluding hydrogens is 584 g/mol. The Hall–Kier alpha value is -4.47. The third-order valence-corrected chi connectivity index (χ3v) is 9.00. The van der Waals surface area contributed by atoms with Crippen LogP contribution in [0.15, 0.2) is 67.3 Å². The first-order valence-electron chi connectivity index (χ1n) is 16.2. The number of fused-ring (bicyclic) bond motifs is 1. The van der Waals surface area contributed by atoms with Gasteiger partial charge in [0, 0.05) is 13.1 Å². The molecule has 1 aliphatic heterocycles. The van der Waals surface area contributed by atoms with E-state index in [0.29, 0.717) is 32.2 Å². The highest BCUT2D eigenvalue weighted by atomic mass is 16.5. The lowest BCUT2D eigenvalue weighted by Crippen LogP contribution is -2.59. The van der Waals surface area contributed by atoms with Crippen molar-refractivity contribution < 1.29 is 28.7 Å². The van der Waals surface area contributed by atoms with E-state index in [1.807, 2.05) is 75.4 Å². The zero-order valence-electron chi connectivity index (χ0n) is 27.0. The topological polar surface area (TPSA) is 134 Å². The normalized spacial score (nSPS) is 18.7. The Labute approximate surface area is 271 Å². The van der Waals surface area contributed by atoms with E-state index in [0.717, 1.165) is 16.7 Å². The van der Waals surface area contributed by atoms with Crippen LogP contribution in [0.25, 0.3) is 0 Å². The minimum atomic E-state index is -1.03. The number of benzene rings is 2. The van der Waals surface area contributed by atoms with Crippen LogP contribution < -0.4 is 16.0 Å². The molecule has 0 radical (unpaired) electrons. The molecule has 0 saturated carbocycles. The van der Waals surface area contributed by atoms with Crippen molar-refractivity contribution in [1.29, 1.82) is 0 Å². The maximum Gasteiger partial charge on any atom is 0.408 e. The highest BCUT2D eigenvalue weighted by Crippen LogP contribution is 2.34. The largest absolute Gasteiger partial charge is 0.445 e. The number of nitrogens with one attached hydrogen (secondary N) is 3. The first-order chi connectivity index (χ1) is 22.1. The summed E-state index contributed by atoms with van der Waals surface area (Å²) in [7, 11) is 0. The van der Waals surface area contributed by atoms with Gasteiger partial charge in [0.1, 0.15) is 18.7 Å². The quantitative estimate of drug-likeness (QED) is 0.215. The zero-order chi connectivity index (χ0) is 33.2. The molecule has 0 aromatic heterocycles. The van der Waals surface area contributed by atoms with Crippen molar-refractivity contribution in [3.05, 3.63) is 83.9 Å². The Kier molecular flexibility index (Phi) is 12.1. The SMILES string of the molecule is C=CCNC(=O)C(=O)C(CCC)NC(=O)[C@@H]1[C@@H](C(C)C)CCN1C(=O)[C@@H](NC(=O)OCc1ccccc1)C1Cc2ccccc2C1. The van der Waals surface area contributed by atoms with E-state index in [2.05, 4.69) is 22.5 Å². The molecule has 4 rings (SSSR count). The average molecular weight is 631 g/mol. The molecule has 2 aromatic carbocycles. The fourth-order valence-corrected chi connectivity index (χ4v) is 6.60. The van der Waals surface area contributed by atoms with Gasteiger partial charge < -0.3 is 25.6 Å². The maximum absolute atomic E-state index is 14.5. The van der Waals surface area contributed by atoms with Crippen molar-refractivity contribution in [1.82, 2.24) is 20.9 Å². The summed E-state index contributed by atoms with van der Waals surface area (Å²) in [5, 5.41) is 8.15. The van der Waals surface area contributed by atoms with Crippen molar-refractivity contribution in [2.24, 2.45) is 17.8 Å². The predicted molar refractivity (Wildman–Crippen MR) is 174 cm³/mol. The summed E-state index contributed by atoms with van der Waals surface area (Å²) < 4.78 is 5.52. The molecule has 1 saturated heterocycles. The van der Waals surface area contributed by atoms with Gasteiger partial charge in [0.15, 0.2) is 0 Å². The number of ketones is 1. The second-order valence-corrected chi connectivity index (χ2v) is 12.5. The van der Waals surface area contributed by atoms with Gasteiger partial charge in [-0.3, -0.25) is 19.2 Å². The summed E-state index contributed by atoms with van der Waals surface area (Å²) in [6.45, 7) is 9.92. The fraction of sp³-hybridized carbons (Fsp3) is 0.472. The molecule has 10 nitrogen and oxygen atoms in total. The number of likely N-dealkylation sites (tertiary alicyclic amines) is 1. The molecule has 3 N–H and O–H groups in total. The molecule has 2 aliphatic rings. The van der Waals surface area contributed by atoms with Crippen LogP contribution in [0.4, 0.5) is 4.79 Å². The molecule has 2 aromatic rings. The lowest BCUT2D eigenvalue weighted by atomic mass is 9.87. The monoisotopic (exact) mass is 630 g/mol. The van der Waals surface area contributed by atoms with E-state index in [1.54, 1.807) is 4.90 Å². The molecule has 46 heavy (non-hydrogen) atoms. The number of carbonyl (C=O) groups excluding carboxylic acids is 5. The van der Waals surface area contributed by atoms with Gasteiger partial charge in [0.25, 0.3) is 5.91 Å². The maximum atomic E-state index is 14.5. The lowest BCUT2D eigenvalue weighted by molar-refractivity contribution is -0.144. The van der Waals surface area contributed by atoms with Gasteiger partial charge in [-0.1, -0.05) is 87.9 Å². The molecule has 0 spiro atoms. The molecule has 4 atom stereocenters. The Morgan fingerprint density at radius 1 is 0.978 bits per heavy atom. The lowest BCUT2D eigenvalue weighted by Gasteiger charge is -2.34. The second-order valence-electron chi connectivity index (χ2n) is 12.5. The Morgan fingerprint density at radius 2 is 1.63 bits per heavy atom. The second kappa shape index (κ2) is 16.2. The Balaban J connectivity index is 1.57. The zero-order valence-corrected chi connectivity index (χ0v) is 27.0. The van der Waals surface area contributed by atoms with Crippen molar-refractivity contribution in [3.8, 4) is 0 Å². The van der Waals surface area contributed by atoms with Crippen LogP contribution in [0.5, 0.6) is 0 Å². The van der Waals surface area contributed by atoms with Crippen LogP contribution >= 0.6 is 0 Å². The Bertz CT molecular complexity index is 1390. The molecule has 1 unspecified atom stereocenters. The summed E-state index contributed by atoms with van der Waals surface area (Å²) in [5.41, 5.74) is 3.06. The van der Waals surface area contributed by atoms with Crippen molar-refractivity contribution >= 4 is 29.6 Å². The number of hydrogen-bond acceptors (Lipinski definition) is 6. The smallest absolute Gasteiger partial charge is 0.408 e. The van der Waals surface area contributed by atoms with Crippen molar-refractivity contribution in [2.45, 2.75) is 77.6 Å². The number of amides is 4. The van der Waals surface area contributed by atoms with Crippen LogP contribution in [-0.2, 0) is 43.4 Å². The predicted octanol–water partition coefficient (Wildman–Crippen LogP) is 3.73. The average Bonchev–Trinajstić information content (AvgIpc) is 3.70. The van der Waals surface area contributed by atoms with Gasteiger partial charge in [0.05, 0.1) is 6.04 Å². The van der Waals surface area contributed by atoms with Crippen LogP contribution in [0, 0.1) is 17.8 Å². The number of nitrogens with zero attached hydrogens (tertiary/aromatic N) is 1. The molecule has 4 amide bonds. The number of carbonyl (C=O) groups is 5. The fourth-order valence-electron chi connectivity index (χ4n) is 6.60. The first-order valence-corrected chi connectivity index (χ1v) is 16.2. The summed E-state index contributed by atoms with van der Waals surface area (Å²) in [4.78, 5) is 68.6. The van der Waals surface area contributed by atoms with Crippen LogP contribution in [0.2, 0.25) is 0 Å². The van der Waals surface area contributed by atoms with E-state index in [-0.39, 0.29) is 43.2 Å². The first kappa shape index (κ1) is 34.4. The van der Waals surface area contributed by atoms with Crippen molar-refractivity contribution in [3.63, 3.8) is 0 Å². The molecule has 1 heterocycles. The molecule has 246 valence electrons. The van der Waals surface area contributed by atoms with Crippen LogP contribution in [-0.4, -0.2) is 65.7 Å². The van der Waals surface area contributed by atoms with Crippen molar-refractivity contribution in [2.75, 3.05) is 13.1 Å². The molecule has 10 heteroatoms. The number of rotatable bonds is 14. The highest BCUT2D eigenvalue weighted by Gasteiger charge is 2.47. The third kappa shape index (κ3) is 8.41. The standard InChI is InChI=1S/C36H46N4O6/c1-5-12-29(32(41)34(43)37-18-6-2)38-33(42)31-28(23(3)4)17-19-40(31)35(44)30(27-20-25-15-10-11-16-26(25)21-27)39-36(45)46-22-24-13-8-7-9-14-24/h6-11,13-16,23,27-31H,2,5,12,17-22H2,1,3-4H3,(H,37,43)(H,38,42)(H,39,45)/t28-,29?,30+,31+/m1/s1. The van der Waals surface area contributed by atoms with E-state index < -0.39 is 41.8 Å². The van der Waals surface area contributed by atoms with E-state index in [1.165, 1.54) is 6.08 Å². The summed E-state index contributed by atoms with van der Waals surface area (Å²) in [6, 6.07) is 14.4.